The molecule has 486 valence electrons. The van der Waals surface area contributed by atoms with Gasteiger partial charge in [-0.1, -0.05) is 56.7 Å². The highest BCUT2D eigenvalue weighted by atomic mass is 32.2. The lowest BCUT2D eigenvalue weighted by Gasteiger charge is -2.42. The van der Waals surface area contributed by atoms with Gasteiger partial charge in [-0.3, -0.25) is 43.2 Å². The second-order valence-electron chi connectivity index (χ2n) is 23.8. The number of ketones is 6. The maximum atomic E-state index is 14.1. The Bertz CT molecular complexity index is 3100. The van der Waals surface area contributed by atoms with Crippen LogP contribution < -0.4 is 32.2 Å². The fourth-order valence-corrected chi connectivity index (χ4v) is 12.6. The minimum Gasteiger partial charge on any atom is -0.507 e. The minimum absolute atomic E-state index is 0.0121. The van der Waals surface area contributed by atoms with E-state index < -0.39 is 131 Å². The Labute approximate surface area is 521 Å². The molecule has 0 radical (unpaired) electrons. The maximum absolute atomic E-state index is 14.1. The summed E-state index contributed by atoms with van der Waals surface area (Å²) in [5.74, 6) is -6.24. The molecule has 3 aromatic carbocycles. The lowest BCUT2D eigenvalue weighted by molar-refractivity contribution is -0.249. The number of primary amides is 1. The lowest BCUT2D eigenvalue weighted by atomic mass is 9.72. The van der Waals surface area contributed by atoms with Crippen molar-refractivity contribution >= 4 is 70.3 Å². The van der Waals surface area contributed by atoms with E-state index in [1.165, 1.54) is 51.0 Å². The van der Waals surface area contributed by atoms with Crippen LogP contribution in [0.3, 0.4) is 0 Å². The van der Waals surface area contributed by atoms with Crippen molar-refractivity contribution in [3.63, 3.8) is 0 Å². The number of aliphatic hydroxyl groups is 3. The first kappa shape index (κ1) is 71.0. The molecule has 1 aliphatic heterocycles. The molecule has 24 nitrogen and oxygen atoms in total. The van der Waals surface area contributed by atoms with E-state index in [2.05, 4.69) is 16.0 Å². The number of nitrogens with two attached hydrogens (primary N) is 2. The highest BCUT2D eigenvalue weighted by Crippen LogP contribution is 2.52. The molecule has 4 amide bonds. The number of phenolic OH excluding ortho intramolecular Hbond substituents is 2. The molecule has 1 saturated heterocycles. The highest BCUT2D eigenvalue weighted by molar-refractivity contribution is 7.99. The van der Waals surface area contributed by atoms with Crippen molar-refractivity contribution in [3.05, 3.63) is 87.0 Å². The van der Waals surface area contributed by atoms with E-state index in [-0.39, 0.29) is 115 Å². The van der Waals surface area contributed by atoms with Crippen LogP contribution in [0.5, 0.6) is 17.2 Å². The van der Waals surface area contributed by atoms with Gasteiger partial charge in [0.2, 0.25) is 23.5 Å². The molecule has 3 aliphatic rings. The normalized spacial score (nSPS) is 20.8. The molecule has 1 heterocycles. The molecule has 0 saturated carbocycles. The second-order valence-corrected chi connectivity index (χ2v) is 24.9. The molecule has 6 rings (SSSR count). The number of rotatable bonds is 34. The van der Waals surface area contributed by atoms with E-state index in [0.29, 0.717) is 61.2 Å². The number of Topliss-reactive ketones (excluding diaryl/α,β-unsaturated/α-hetero) is 4. The standard InChI is InChI=1S/C64H85N5O19S/c1-33(2)42(26-39(71)12-9-10-23-89-32-38(61(81)67-5)25-40(72)22-17-34(3)65)62(82)68-44(14-7-8-16-50(66)75)46(73)24-36-18-20-37(21-19-36)31-86-63(83)69-45-27-51(87-35(4)56(45)76)88-48-29-64(84,49(74)30-70)28-43-53(48)60(80)55-54(58(43)78)57(77)41-13-11-15-47(85-6)52(41)59(55)79/h11,13,15,18-21,33-35,38,42,44-45,48,51,56,70,76,78,80,84H,7-10,12,14,16-17,22-32,65H2,1-6H3,(H2,66,75)(H,67,81)(H,68,82)(H,69,83)/t34-,35?,38?,42+,44+,45?,48+,51?,56?,64+/m1/s1. The van der Waals surface area contributed by atoms with Crippen LogP contribution in [-0.4, -0.2) is 159 Å². The molecule has 89 heavy (non-hydrogen) atoms. The van der Waals surface area contributed by atoms with Gasteiger partial charge in [0.25, 0.3) is 0 Å². The predicted octanol–water partition coefficient (Wildman–Crippen LogP) is 4.19. The number of hydrogen-bond acceptors (Lipinski definition) is 21. The van der Waals surface area contributed by atoms with Crippen LogP contribution >= 0.6 is 11.8 Å². The monoisotopic (exact) mass is 1260 g/mol. The van der Waals surface area contributed by atoms with E-state index >= 15 is 0 Å². The third-order valence-electron chi connectivity index (χ3n) is 16.6. The number of benzene rings is 3. The van der Waals surface area contributed by atoms with Crippen LogP contribution in [0.25, 0.3) is 0 Å². The molecule has 2 aliphatic carbocycles. The van der Waals surface area contributed by atoms with Crippen LogP contribution in [0.4, 0.5) is 4.79 Å². The summed E-state index contributed by atoms with van der Waals surface area (Å²) in [7, 11) is 2.82. The van der Waals surface area contributed by atoms with Crippen molar-refractivity contribution in [2.75, 3.05) is 32.3 Å². The molecule has 0 aromatic heterocycles. The Balaban J connectivity index is 1.04. The number of methoxy groups -OCH3 is 1. The summed E-state index contributed by atoms with van der Waals surface area (Å²) < 4.78 is 23.1. The number of aromatic hydroxyl groups is 2. The number of amides is 4. The predicted molar refractivity (Wildman–Crippen MR) is 325 cm³/mol. The summed E-state index contributed by atoms with van der Waals surface area (Å²) in [6.45, 7) is 5.57. The van der Waals surface area contributed by atoms with Gasteiger partial charge < -0.3 is 71.9 Å². The Hall–Kier alpha value is -7.13. The Morgan fingerprint density at radius 1 is 0.843 bits per heavy atom. The number of carbonyl (C=O) groups is 10. The molecule has 25 heteroatoms. The van der Waals surface area contributed by atoms with E-state index in [1.807, 2.05) is 20.8 Å². The van der Waals surface area contributed by atoms with Gasteiger partial charge in [-0.15, -0.1) is 0 Å². The number of alkyl carbamates (subject to hydrolysis) is 1. The average Bonchev–Trinajstić information content (AvgIpc) is 0.717. The Kier molecular flexibility index (Phi) is 26.0. The van der Waals surface area contributed by atoms with E-state index in [0.717, 1.165) is 0 Å². The van der Waals surface area contributed by atoms with Gasteiger partial charge in [0.05, 0.1) is 54.0 Å². The van der Waals surface area contributed by atoms with Gasteiger partial charge in [0.1, 0.15) is 53.7 Å². The second kappa shape index (κ2) is 32.6. The molecule has 12 N–H and O–H groups in total. The Morgan fingerprint density at radius 2 is 1.52 bits per heavy atom. The third kappa shape index (κ3) is 18.5. The van der Waals surface area contributed by atoms with Crippen molar-refractivity contribution < 1.29 is 92.4 Å². The number of ether oxygens (including phenoxy) is 4. The van der Waals surface area contributed by atoms with Crippen molar-refractivity contribution in [3.8, 4) is 17.2 Å². The molecule has 5 unspecified atom stereocenters. The molecular formula is C64H85N5O19S. The number of fused-ring (bicyclic) bond motifs is 3. The van der Waals surface area contributed by atoms with Crippen molar-refractivity contribution in [1.82, 2.24) is 16.0 Å². The SMILES string of the molecule is CNC(=O)C(CSCCCCC(=O)C[C@H](C(=O)N[C@@H](CCCCC(N)=O)C(=O)Cc1ccc(COC(=O)NC2CC(O[C@H]3C[C@](O)(C(=O)CO)Cc4c(O)c5c(c(O)c43)C(=O)c3c(OC)cccc3C5=O)OC(C)C2O)cc1)C(C)C)CC(=O)CC[C@@H](C)N. The zero-order valence-corrected chi connectivity index (χ0v) is 52.1. The largest absolute Gasteiger partial charge is 0.507 e. The summed E-state index contributed by atoms with van der Waals surface area (Å²) >= 11 is 1.54. The van der Waals surface area contributed by atoms with Crippen LogP contribution in [-0.2, 0) is 67.2 Å². The lowest BCUT2D eigenvalue weighted by Crippen LogP contribution is -2.56. The number of thioether (sulfide) groups is 1. The number of carbonyl (C=O) groups excluding carboxylic acids is 10. The number of aliphatic hydroxyl groups excluding tert-OH is 2. The minimum atomic E-state index is -2.42. The van der Waals surface area contributed by atoms with Gasteiger partial charge >= 0.3 is 6.09 Å². The number of nitrogens with one attached hydrogen (secondary N) is 3. The average molecular weight is 1260 g/mol. The van der Waals surface area contributed by atoms with Gasteiger partial charge in [-0.25, -0.2) is 4.79 Å². The molecule has 3 aromatic rings. The number of unbranched alkanes of at least 4 members (excludes halogenated alkanes) is 2. The van der Waals surface area contributed by atoms with Crippen LogP contribution in [0.1, 0.15) is 171 Å². The summed E-state index contributed by atoms with van der Waals surface area (Å²) in [5.41, 5.74) is 7.83. The first-order valence-corrected chi connectivity index (χ1v) is 31.3. The molecule has 0 bridgehead atoms. The fraction of sp³-hybridized carbons (Fsp3) is 0.562. The summed E-state index contributed by atoms with van der Waals surface area (Å²) in [5, 5.41) is 64.5. The van der Waals surface area contributed by atoms with Crippen molar-refractivity contribution in [1.29, 1.82) is 0 Å². The Morgan fingerprint density at radius 3 is 2.17 bits per heavy atom. The zero-order chi connectivity index (χ0) is 65.4. The van der Waals surface area contributed by atoms with E-state index in [4.69, 9.17) is 30.4 Å². The summed E-state index contributed by atoms with van der Waals surface area (Å²) in [4.78, 5) is 132. The fourth-order valence-electron chi connectivity index (χ4n) is 11.4. The third-order valence-corrected chi connectivity index (χ3v) is 17.8. The smallest absolute Gasteiger partial charge is 0.407 e. The molecule has 10 atom stereocenters. The molecule has 1 fully saturated rings. The quantitative estimate of drug-likeness (QED) is 0.0231. The van der Waals surface area contributed by atoms with Crippen LogP contribution in [0.15, 0.2) is 42.5 Å². The summed E-state index contributed by atoms with van der Waals surface area (Å²) in [6.07, 6.45) is -4.41. The number of phenols is 2. The molecule has 0 spiro atoms. The van der Waals surface area contributed by atoms with Gasteiger partial charge in [-0.2, -0.15) is 11.8 Å². The van der Waals surface area contributed by atoms with E-state index in [1.54, 1.807) is 24.3 Å². The topological polar surface area (TPSA) is 397 Å². The van der Waals surface area contributed by atoms with Gasteiger partial charge in [0, 0.05) is 99.2 Å². The van der Waals surface area contributed by atoms with Crippen LogP contribution in [0, 0.1) is 17.8 Å². The maximum Gasteiger partial charge on any atom is 0.407 e. The molecular weight excluding hydrogens is 1170 g/mol. The van der Waals surface area contributed by atoms with Crippen molar-refractivity contribution in [2.45, 2.75) is 179 Å². The van der Waals surface area contributed by atoms with Crippen molar-refractivity contribution in [2.24, 2.45) is 29.2 Å². The van der Waals surface area contributed by atoms with Crippen LogP contribution in [0.2, 0.25) is 0 Å². The summed E-state index contributed by atoms with van der Waals surface area (Å²) in [6, 6.07) is 8.66. The van der Waals surface area contributed by atoms with Gasteiger partial charge in [0.15, 0.2) is 23.6 Å². The first-order valence-electron chi connectivity index (χ1n) is 30.1. The van der Waals surface area contributed by atoms with E-state index in [9.17, 15) is 73.5 Å². The first-order chi connectivity index (χ1) is 42.2. The number of hydrogen-bond donors (Lipinski definition) is 10. The van der Waals surface area contributed by atoms with Gasteiger partial charge in [-0.05, 0) is 74.8 Å². The zero-order valence-electron chi connectivity index (χ0n) is 51.3. The highest BCUT2D eigenvalue weighted by Gasteiger charge is 2.50.